The molecule has 0 spiro atoms. The van der Waals surface area contributed by atoms with Crippen molar-refractivity contribution in [2.24, 2.45) is 5.92 Å². The first-order chi connectivity index (χ1) is 12.6. The summed E-state index contributed by atoms with van der Waals surface area (Å²) in [5.74, 6) is 0.188. The molecule has 1 aliphatic carbocycles. The normalized spacial score (nSPS) is 29.4. The van der Waals surface area contributed by atoms with Gasteiger partial charge in [0.2, 0.25) is 5.91 Å². The number of hydrogen-bond donors (Lipinski definition) is 3. The molecule has 0 aromatic heterocycles. The van der Waals surface area contributed by atoms with Crippen LogP contribution in [-0.2, 0) is 16.1 Å². The number of rotatable bonds is 7. The quantitative estimate of drug-likeness (QED) is 0.672. The highest BCUT2D eigenvalue weighted by Crippen LogP contribution is 2.27. The van der Waals surface area contributed by atoms with E-state index in [1.165, 1.54) is 0 Å². The molecule has 1 aromatic rings. The number of benzene rings is 1. The number of aliphatic hydroxyl groups is 2. The maximum atomic E-state index is 12.3. The number of likely N-dealkylation sites (N-methyl/N-ethyl adjacent to an activating group) is 1. The minimum atomic E-state index is -0.790. The first-order valence-corrected chi connectivity index (χ1v) is 9.56. The molecule has 3 N–H and O–H groups in total. The lowest BCUT2D eigenvalue weighted by Crippen LogP contribution is -2.49. The van der Waals surface area contributed by atoms with E-state index in [1.807, 2.05) is 42.3 Å². The van der Waals surface area contributed by atoms with Crippen LogP contribution in [0.25, 0.3) is 0 Å². The molecule has 3 rings (SSSR count). The summed E-state index contributed by atoms with van der Waals surface area (Å²) in [4.78, 5) is 14.4. The molecule has 0 unspecified atom stereocenters. The second-order valence-electron chi connectivity index (χ2n) is 7.50. The Morgan fingerprint density at radius 1 is 1.23 bits per heavy atom. The van der Waals surface area contributed by atoms with E-state index in [0.29, 0.717) is 13.1 Å². The molecule has 1 saturated heterocycles. The molecule has 1 heterocycles. The summed E-state index contributed by atoms with van der Waals surface area (Å²) in [5.41, 5.74) is 1.14. The van der Waals surface area contributed by atoms with Crippen molar-refractivity contribution in [3.63, 3.8) is 0 Å². The number of amides is 1. The van der Waals surface area contributed by atoms with Crippen LogP contribution in [0.2, 0.25) is 0 Å². The summed E-state index contributed by atoms with van der Waals surface area (Å²) in [7, 11) is 1.94. The van der Waals surface area contributed by atoms with E-state index in [9.17, 15) is 15.0 Å². The number of carbonyl (C=O) groups excluding carboxylic acids is 1. The molecule has 0 radical (unpaired) electrons. The van der Waals surface area contributed by atoms with Gasteiger partial charge in [0.25, 0.3) is 0 Å². The van der Waals surface area contributed by atoms with E-state index >= 15 is 0 Å². The van der Waals surface area contributed by atoms with Crippen LogP contribution in [0.3, 0.4) is 0 Å². The average molecular weight is 362 g/mol. The molecule has 6 heteroatoms. The van der Waals surface area contributed by atoms with Crippen LogP contribution in [0.1, 0.15) is 31.2 Å². The van der Waals surface area contributed by atoms with Crippen molar-refractivity contribution < 1.29 is 19.7 Å². The Labute approximate surface area is 155 Å². The average Bonchev–Trinajstić information content (AvgIpc) is 3.28. The molecule has 2 aliphatic rings. The van der Waals surface area contributed by atoms with Gasteiger partial charge in [-0.1, -0.05) is 43.2 Å². The fourth-order valence-corrected chi connectivity index (χ4v) is 4.20. The van der Waals surface area contributed by atoms with Gasteiger partial charge in [-0.05, 0) is 25.5 Å². The van der Waals surface area contributed by atoms with Gasteiger partial charge < -0.3 is 20.3 Å². The van der Waals surface area contributed by atoms with Crippen molar-refractivity contribution in [2.75, 3.05) is 20.2 Å². The third-order valence-corrected chi connectivity index (χ3v) is 5.63. The second-order valence-corrected chi connectivity index (χ2v) is 7.50. The molecule has 1 aliphatic heterocycles. The molecule has 2 fully saturated rings. The maximum absolute atomic E-state index is 12.3. The smallest absolute Gasteiger partial charge is 0.223 e. The zero-order valence-electron chi connectivity index (χ0n) is 15.4. The molecular formula is C20H30N2O4. The van der Waals surface area contributed by atoms with Crippen LogP contribution in [0.5, 0.6) is 0 Å². The van der Waals surface area contributed by atoms with Gasteiger partial charge in [-0.25, -0.2) is 0 Å². The Hall–Kier alpha value is -1.47. The summed E-state index contributed by atoms with van der Waals surface area (Å²) in [6.45, 7) is 0.785. The van der Waals surface area contributed by atoms with Crippen LogP contribution in [0.15, 0.2) is 30.3 Å². The number of ether oxygens (including phenoxy) is 1. The Bertz CT molecular complexity index is 576. The minimum Gasteiger partial charge on any atom is -0.394 e. The summed E-state index contributed by atoms with van der Waals surface area (Å²) >= 11 is 0. The monoisotopic (exact) mass is 362 g/mol. The first kappa shape index (κ1) is 19.3. The summed E-state index contributed by atoms with van der Waals surface area (Å²) in [6, 6.07) is 9.75. The number of aliphatic hydroxyl groups excluding tert-OH is 2. The van der Waals surface area contributed by atoms with Crippen LogP contribution >= 0.6 is 0 Å². The lowest BCUT2D eigenvalue weighted by molar-refractivity contribution is -0.125. The lowest BCUT2D eigenvalue weighted by atomic mass is 10.0. The molecular weight excluding hydrogens is 332 g/mol. The van der Waals surface area contributed by atoms with Crippen molar-refractivity contribution in [3.8, 4) is 0 Å². The number of nitrogens with zero attached hydrogens (tertiary/aromatic N) is 1. The highest BCUT2D eigenvalue weighted by molar-refractivity contribution is 5.78. The van der Waals surface area contributed by atoms with Crippen LogP contribution in [0.4, 0.5) is 0 Å². The summed E-state index contributed by atoms with van der Waals surface area (Å²) in [5, 5.41) is 23.1. The van der Waals surface area contributed by atoms with Crippen molar-refractivity contribution in [2.45, 2.75) is 56.6 Å². The van der Waals surface area contributed by atoms with Crippen molar-refractivity contribution in [1.82, 2.24) is 10.2 Å². The van der Waals surface area contributed by atoms with Crippen molar-refractivity contribution in [3.05, 3.63) is 35.9 Å². The van der Waals surface area contributed by atoms with E-state index in [0.717, 1.165) is 31.2 Å². The predicted molar refractivity (Wildman–Crippen MR) is 98.4 cm³/mol. The van der Waals surface area contributed by atoms with Gasteiger partial charge in [0.15, 0.2) is 0 Å². The zero-order chi connectivity index (χ0) is 18.5. The SMILES string of the molecule is CN(Cc1ccccc1)[C@@H]1[C@H](O)[C@H](CO)O[C@@H]1CNC(=O)C1CCCC1. The number of hydrogen-bond acceptors (Lipinski definition) is 5. The molecule has 1 saturated carbocycles. The van der Waals surface area contributed by atoms with Gasteiger partial charge >= 0.3 is 0 Å². The summed E-state index contributed by atoms with van der Waals surface area (Å²) in [6.07, 6.45) is 2.39. The molecule has 26 heavy (non-hydrogen) atoms. The molecule has 4 atom stereocenters. The van der Waals surface area contributed by atoms with Gasteiger partial charge in [0.1, 0.15) is 12.2 Å². The lowest BCUT2D eigenvalue weighted by Gasteiger charge is -2.30. The fourth-order valence-electron chi connectivity index (χ4n) is 4.20. The third kappa shape index (κ3) is 4.43. The van der Waals surface area contributed by atoms with Gasteiger partial charge in [-0.15, -0.1) is 0 Å². The Balaban J connectivity index is 1.62. The predicted octanol–water partition coefficient (Wildman–Crippen LogP) is 0.914. The Morgan fingerprint density at radius 2 is 1.92 bits per heavy atom. The van der Waals surface area contributed by atoms with Crippen molar-refractivity contribution >= 4 is 5.91 Å². The molecule has 1 aromatic carbocycles. The fraction of sp³-hybridized carbons (Fsp3) is 0.650. The highest BCUT2D eigenvalue weighted by atomic mass is 16.5. The minimum absolute atomic E-state index is 0.0810. The second kappa shape index (κ2) is 8.95. The molecule has 6 nitrogen and oxygen atoms in total. The maximum Gasteiger partial charge on any atom is 0.223 e. The van der Waals surface area contributed by atoms with E-state index in [4.69, 9.17) is 4.74 Å². The standard InChI is InChI=1S/C20H30N2O4/c1-22(12-14-7-3-2-4-8-14)18-16(26-17(13-23)19(18)24)11-21-20(25)15-9-5-6-10-15/h2-4,7-8,15-19,23-24H,5-6,9-13H2,1H3,(H,21,25)/t16-,17+,18+,19-/m1/s1. The van der Waals surface area contributed by atoms with Crippen LogP contribution in [0, 0.1) is 5.92 Å². The molecule has 1 amide bonds. The Kier molecular flexibility index (Phi) is 6.64. The zero-order valence-corrected chi connectivity index (χ0v) is 15.4. The Morgan fingerprint density at radius 3 is 2.58 bits per heavy atom. The van der Waals surface area contributed by atoms with Gasteiger partial charge in [-0.2, -0.15) is 0 Å². The highest BCUT2D eigenvalue weighted by Gasteiger charge is 2.45. The van der Waals surface area contributed by atoms with E-state index in [-0.39, 0.29) is 30.6 Å². The van der Waals surface area contributed by atoms with Crippen molar-refractivity contribution in [1.29, 1.82) is 0 Å². The van der Waals surface area contributed by atoms with Gasteiger partial charge in [0, 0.05) is 19.0 Å². The largest absolute Gasteiger partial charge is 0.394 e. The first-order valence-electron chi connectivity index (χ1n) is 9.56. The third-order valence-electron chi connectivity index (χ3n) is 5.63. The number of nitrogens with one attached hydrogen (secondary N) is 1. The topological polar surface area (TPSA) is 82.0 Å². The van der Waals surface area contributed by atoms with Crippen LogP contribution in [-0.4, -0.2) is 65.6 Å². The molecule has 0 bridgehead atoms. The van der Waals surface area contributed by atoms with Gasteiger partial charge in [0.05, 0.1) is 18.8 Å². The van der Waals surface area contributed by atoms with E-state index < -0.39 is 12.2 Å². The van der Waals surface area contributed by atoms with E-state index in [2.05, 4.69) is 5.32 Å². The van der Waals surface area contributed by atoms with Gasteiger partial charge in [-0.3, -0.25) is 9.69 Å². The van der Waals surface area contributed by atoms with Crippen LogP contribution < -0.4 is 5.32 Å². The number of carbonyl (C=O) groups is 1. The van der Waals surface area contributed by atoms with E-state index in [1.54, 1.807) is 0 Å². The summed E-state index contributed by atoms with van der Waals surface area (Å²) < 4.78 is 5.85. The molecule has 144 valence electrons.